The first kappa shape index (κ1) is 78.4. The number of hydrogen-bond acceptors (Lipinski definition) is 7. The molecular formula is C101H101N7. The normalized spacial score (nSPS) is 10.8. The van der Waals surface area contributed by atoms with Crippen LogP contribution in [0.15, 0.2) is 322 Å². The minimum absolute atomic E-state index is 0.666. The molecule has 0 fully saturated rings. The molecule has 7 nitrogen and oxygen atoms in total. The quantitative estimate of drug-likeness (QED) is 0.120. The Bertz CT molecular complexity index is 4580. The van der Waals surface area contributed by atoms with Crippen molar-refractivity contribution in [2.45, 2.75) is 122 Å². The Morgan fingerprint density at radius 2 is 0.463 bits per heavy atom. The molecule has 0 amide bonds. The van der Waals surface area contributed by atoms with Gasteiger partial charge in [-0.1, -0.05) is 392 Å². The van der Waals surface area contributed by atoms with E-state index in [0.29, 0.717) is 24.5 Å². The highest BCUT2D eigenvalue weighted by molar-refractivity contribution is 5.82. The molecular weight excluding hydrogens is 1310 g/mol. The molecule has 3 aliphatic rings. The molecule has 12 aromatic carbocycles. The molecule has 3 aliphatic carbocycles. The average molecular weight is 1410 g/mol. The third-order valence-electron chi connectivity index (χ3n) is 18.3. The van der Waals surface area contributed by atoms with Crippen LogP contribution in [0.4, 0.5) is 0 Å². The molecule has 0 aliphatic heterocycles. The lowest BCUT2D eigenvalue weighted by molar-refractivity contribution is 0.933. The van der Waals surface area contributed by atoms with Crippen molar-refractivity contribution in [3.8, 4) is 101 Å². The van der Waals surface area contributed by atoms with Crippen LogP contribution in [0.3, 0.4) is 0 Å². The molecule has 0 radical (unpaired) electrons. The molecule has 3 aromatic heterocycles. The second-order valence-corrected chi connectivity index (χ2v) is 24.6. The van der Waals surface area contributed by atoms with E-state index in [-0.39, 0.29) is 0 Å². The summed E-state index contributed by atoms with van der Waals surface area (Å²) in [5.74, 6) is 3.83. The van der Waals surface area contributed by atoms with Gasteiger partial charge in [0.05, 0.1) is 17.1 Å². The van der Waals surface area contributed by atoms with Crippen molar-refractivity contribution < 1.29 is 0 Å². The van der Waals surface area contributed by atoms with Crippen LogP contribution in [0, 0.1) is 0 Å². The molecule has 0 atom stereocenters. The first-order chi connectivity index (χ1) is 53.5. The maximum atomic E-state index is 4.99. The van der Waals surface area contributed by atoms with Crippen LogP contribution in [0.5, 0.6) is 0 Å². The molecule has 7 heteroatoms. The molecule has 18 rings (SSSR count). The summed E-state index contributed by atoms with van der Waals surface area (Å²) in [6.45, 7) is 24.0. The van der Waals surface area contributed by atoms with E-state index in [0.717, 1.165) is 99.3 Å². The van der Waals surface area contributed by atoms with Crippen molar-refractivity contribution in [3.63, 3.8) is 0 Å². The second kappa shape index (κ2) is 40.3. The van der Waals surface area contributed by atoms with Gasteiger partial charge >= 0.3 is 0 Å². The highest BCUT2D eigenvalue weighted by Gasteiger charge is 2.25. The summed E-state index contributed by atoms with van der Waals surface area (Å²) in [4.78, 5) is 34.5. The third-order valence-corrected chi connectivity index (χ3v) is 18.3. The topological polar surface area (TPSA) is 90.2 Å². The number of nitrogens with zero attached hydrogens (tertiary/aromatic N) is 7. The zero-order valence-electron chi connectivity index (χ0n) is 65.0. The van der Waals surface area contributed by atoms with Gasteiger partial charge in [-0.3, -0.25) is 0 Å². The number of rotatable bonds is 12. The number of benzene rings is 12. The van der Waals surface area contributed by atoms with E-state index >= 15 is 0 Å². The lowest BCUT2D eigenvalue weighted by atomic mass is 9.96. The van der Waals surface area contributed by atoms with E-state index in [9.17, 15) is 0 Å². The lowest BCUT2D eigenvalue weighted by Gasteiger charge is -2.12. The molecule has 0 spiro atoms. The summed E-state index contributed by atoms with van der Waals surface area (Å²) in [5, 5.41) is 0. The molecule has 0 saturated carbocycles. The van der Waals surface area contributed by atoms with Gasteiger partial charge in [-0.15, -0.1) is 0 Å². The summed E-state index contributed by atoms with van der Waals surface area (Å²) in [7, 11) is 0. The van der Waals surface area contributed by atoms with E-state index in [1.807, 2.05) is 180 Å². The fourth-order valence-corrected chi connectivity index (χ4v) is 13.9. The van der Waals surface area contributed by atoms with E-state index in [2.05, 4.69) is 224 Å². The Morgan fingerprint density at radius 1 is 0.204 bits per heavy atom. The highest BCUT2D eigenvalue weighted by atomic mass is 15.0. The average Bonchev–Trinajstić information content (AvgIpc) is 1.69. The van der Waals surface area contributed by atoms with Crippen molar-refractivity contribution in [1.82, 2.24) is 34.9 Å². The Morgan fingerprint density at radius 3 is 0.796 bits per heavy atom. The minimum Gasteiger partial charge on any atom is -0.233 e. The summed E-state index contributed by atoms with van der Waals surface area (Å²) in [6.07, 6.45) is 5.14. The van der Waals surface area contributed by atoms with Crippen molar-refractivity contribution in [2.24, 2.45) is 0 Å². The van der Waals surface area contributed by atoms with E-state index < -0.39 is 0 Å². The van der Waals surface area contributed by atoms with Crippen molar-refractivity contribution in [1.29, 1.82) is 0 Å². The van der Waals surface area contributed by atoms with Crippen molar-refractivity contribution in [2.75, 3.05) is 0 Å². The van der Waals surface area contributed by atoms with Gasteiger partial charge in [-0.05, 0) is 115 Å². The molecule has 0 unspecified atom stereocenters. The molecule has 0 N–H and O–H groups in total. The smallest absolute Gasteiger partial charge is 0.163 e. The van der Waals surface area contributed by atoms with E-state index in [1.165, 1.54) is 83.5 Å². The standard InChI is InChI=1S/2C30H22N2.C29H21N3.6C2H6/c1-3-10-21(11-4-1)28-20-26(31-30(32-28)22-12-5-2-6-13-22)19-25-16-9-15-24-18-23-14-7-8-17-27(23)29(24)25;1-3-10-21(11-4-1)27-20-28(22-12-5-2-6-13-22)32-29(31-27)19-25-16-9-15-24-18-23-14-7-8-17-26(23)30(24)25;1-3-10-20(11-4-1)28-30-26(31-29(32-28)21-12-5-2-6-13-21)19-24-16-9-15-23-18-22-14-7-8-17-25(22)27(23)24;6*1-2/h2*1-17,20H,18-19H2;1-17H,18-19H2;6*1-2H3. The first-order valence-electron chi connectivity index (χ1n) is 39.0. The van der Waals surface area contributed by atoms with Crippen LogP contribution in [-0.4, -0.2) is 34.9 Å². The van der Waals surface area contributed by atoms with Crippen LogP contribution in [0.1, 0.15) is 150 Å². The molecule has 0 saturated heterocycles. The van der Waals surface area contributed by atoms with Crippen molar-refractivity contribution in [3.05, 3.63) is 389 Å². The maximum absolute atomic E-state index is 4.99. The maximum Gasteiger partial charge on any atom is 0.163 e. The Labute approximate surface area is 642 Å². The summed E-state index contributed by atoms with van der Waals surface area (Å²) >= 11 is 0. The van der Waals surface area contributed by atoms with E-state index in [1.54, 1.807) is 0 Å². The summed E-state index contributed by atoms with van der Waals surface area (Å²) in [5.41, 5.74) is 30.6. The van der Waals surface area contributed by atoms with Crippen LogP contribution in [-0.2, 0) is 38.5 Å². The summed E-state index contributed by atoms with van der Waals surface area (Å²) in [6, 6.07) is 112. The third kappa shape index (κ3) is 18.9. The highest BCUT2D eigenvalue weighted by Crippen LogP contribution is 2.43. The summed E-state index contributed by atoms with van der Waals surface area (Å²) < 4.78 is 0. The first-order valence-corrected chi connectivity index (χ1v) is 39.0. The SMILES string of the molecule is CC.CC.CC.CC.CC.CC.c1ccc(-c2cc(-c3ccccc3)nc(Cc3cccc4c3-c3ccccc3C4)n2)cc1.c1ccc(-c2cc(Cc3cccc4c3-c3ccccc3C4)nc(-c3ccccc3)n2)cc1.c1ccc(-c2nc(Cc3cccc4c3-c3ccccc3C4)nc(-c3ccccc3)n2)cc1. The van der Waals surface area contributed by atoms with Gasteiger partial charge in [0.15, 0.2) is 17.5 Å². The number of hydrogen-bond donors (Lipinski definition) is 0. The van der Waals surface area contributed by atoms with Crippen LogP contribution in [0.25, 0.3) is 101 Å². The van der Waals surface area contributed by atoms with Gasteiger partial charge in [-0.25, -0.2) is 34.9 Å². The molecule has 0 bridgehead atoms. The zero-order valence-corrected chi connectivity index (χ0v) is 65.0. The predicted molar refractivity (Wildman–Crippen MR) is 457 cm³/mol. The van der Waals surface area contributed by atoms with Gasteiger partial charge in [0.1, 0.15) is 11.6 Å². The Balaban J connectivity index is 0.000000161. The molecule has 3 heterocycles. The Hall–Kier alpha value is -12.2. The van der Waals surface area contributed by atoms with Crippen LogP contribution < -0.4 is 0 Å². The van der Waals surface area contributed by atoms with E-state index in [4.69, 9.17) is 34.9 Å². The van der Waals surface area contributed by atoms with Gasteiger partial charge < -0.3 is 0 Å². The Kier molecular flexibility index (Phi) is 29.3. The van der Waals surface area contributed by atoms with Gasteiger partial charge in [0, 0.05) is 58.3 Å². The van der Waals surface area contributed by atoms with Crippen molar-refractivity contribution >= 4 is 0 Å². The predicted octanol–water partition coefficient (Wildman–Crippen LogP) is 26.5. The largest absolute Gasteiger partial charge is 0.233 e. The molecule has 15 aromatic rings. The minimum atomic E-state index is 0.666. The van der Waals surface area contributed by atoms with Gasteiger partial charge in [0.25, 0.3) is 0 Å². The lowest BCUT2D eigenvalue weighted by Crippen LogP contribution is -2.04. The number of aromatic nitrogens is 7. The molecule has 108 heavy (non-hydrogen) atoms. The van der Waals surface area contributed by atoms with Crippen LogP contribution >= 0.6 is 0 Å². The molecule has 540 valence electrons. The van der Waals surface area contributed by atoms with Gasteiger partial charge in [0.2, 0.25) is 0 Å². The van der Waals surface area contributed by atoms with Crippen LogP contribution in [0.2, 0.25) is 0 Å². The fourth-order valence-electron chi connectivity index (χ4n) is 13.9. The fraction of sp³-hybridized carbons (Fsp3) is 0.178. The zero-order chi connectivity index (χ0) is 76.0. The monoisotopic (exact) mass is 1410 g/mol. The second-order valence-electron chi connectivity index (χ2n) is 24.6. The van der Waals surface area contributed by atoms with Gasteiger partial charge in [-0.2, -0.15) is 0 Å². The number of fused-ring (bicyclic) bond motifs is 9.